The normalized spacial score (nSPS) is 11.1. The summed E-state index contributed by atoms with van der Waals surface area (Å²) in [6.45, 7) is 3.66. The molecule has 0 aliphatic rings. The lowest BCUT2D eigenvalue weighted by Crippen LogP contribution is -2.27. The maximum atomic E-state index is 12.9. The van der Waals surface area contributed by atoms with Gasteiger partial charge in [-0.05, 0) is 38.1 Å². The van der Waals surface area contributed by atoms with Crippen LogP contribution in [0.1, 0.15) is 36.1 Å². The molecule has 9 heteroatoms. The first kappa shape index (κ1) is 22.5. The second kappa shape index (κ2) is 9.41. The van der Waals surface area contributed by atoms with Crippen molar-refractivity contribution in [1.29, 1.82) is 0 Å². The Hall–Kier alpha value is -3.72. The highest BCUT2D eigenvalue weighted by atomic mass is 32.1. The molecule has 0 aliphatic carbocycles. The number of fused-ring (bicyclic) bond motifs is 1. The largest absolute Gasteiger partial charge is 0.493 e. The number of esters is 1. The standard InChI is InChI=1S/C24H23N3O5S/c1-14(2)27-23(28)18-8-6-5-7-17(18)21(26-27)24(29)32-12-16-13-33-22(25-16)15-9-10-19(30-3)20(11-15)31-4/h5-11,13-14H,12H2,1-4H3. The molecule has 33 heavy (non-hydrogen) atoms. The number of methoxy groups -OCH3 is 2. The van der Waals surface area contributed by atoms with Crippen LogP contribution in [0.25, 0.3) is 21.3 Å². The van der Waals surface area contributed by atoms with Gasteiger partial charge in [0.2, 0.25) is 0 Å². The van der Waals surface area contributed by atoms with E-state index in [2.05, 4.69) is 10.1 Å². The van der Waals surface area contributed by atoms with E-state index >= 15 is 0 Å². The molecule has 0 unspecified atom stereocenters. The van der Waals surface area contributed by atoms with Gasteiger partial charge in [-0.25, -0.2) is 14.5 Å². The van der Waals surface area contributed by atoms with Gasteiger partial charge < -0.3 is 14.2 Å². The first-order chi connectivity index (χ1) is 15.9. The van der Waals surface area contributed by atoms with E-state index in [-0.39, 0.29) is 23.9 Å². The molecule has 0 spiro atoms. The van der Waals surface area contributed by atoms with Crippen LogP contribution in [0.4, 0.5) is 0 Å². The van der Waals surface area contributed by atoms with Crippen molar-refractivity contribution in [1.82, 2.24) is 14.8 Å². The van der Waals surface area contributed by atoms with Crippen LogP contribution < -0.4 is 15.0 Å². The van der Waals surface area contributed by atoms with Crippen LogP contribution in [-0.4, -0.2) is 35.0 Å². The lowest BCUT2D eigenvalue weighted by Gasteiger charge is -2.12. The molecule has 0 amide bonds. The van der Waals surface area contributed by atoms with Crippen LogP contribution in [0.15, 0.2) is 52.6 Å². The van der Waals surface area contributed by atoms with Gasteiger partial charge in [-0.2, -0.15) is 5.10 Å². The first-order valence-electron chi connectivity index (χ1n) is 10.3. The quantitative estimate of drug-likeness (QED) is 0.372. The van der Waals surface area contributed by atoms with E-state index in [0.717, 1.165) is 10.6 Å². The molecule has 2 heterocycles. The summed E-state index contributed by atoms with van der Waals surface area (Å²) in [5.74, 6) is 0.632. The lowest BCUT2D eigenvalue weighted by molar-refractivity contribution is 0.0461. The van der Waals surface area contributed by atoms with Crippen molar-refractivity contribution in [2.45, 2.75) is 26.5 Å². The summed E-state index contributed by atoms with van der Waals surface area (Å²) in [4.78, 5) is 30.1. The van der Waals surface area contributed by atoms with Gasteiger partial charge in [0, 0.05) is 16.3 Å². The smallest absolute Gasteiger partial charge is 0.359 e. The molecule has 0 N–H and O–H groups in total. The van der Waals surface area contributed by atoms with Gasteiger partial charge in [-0.3, -0.25) is 4.79 Å². The number of thiazole rings is 1. The second-order valence-electron chi connectivity index (χ2n) is 7.53. The van der Waals surface area contributed by atoms with Crippen LogP contribution in [0.2, 0.25) is 0 Å². The van der Waals surface area contributed by atoms with E-state index < -0.39 is 5.97 Å². The molecular weight excluding hydrogens is 442 g/mol. The lowest BCUT2D eigenvalue weighted by atomic mass is 10.1. The summed E-state index contributed by atoms with van der Waals surface area (Å²) >= 11 is 1.43. The number of aromatic nitrogens is 3. The zero-order chi connectivity index (χ0) is 23.5. The van der Waals surface area contributed by atoms with E-state index in [1.54, 1.807) is 38.5 Å². The molecule has 0 saturated heterocycles. The van der Waals surface area contributed by atoms with Crippen molar-refractivity contribution in [3.63, 3.8) is 0 Å². The Morgan fingerprint density at radius 1 is 1.06 bits per heavy atom. The Labute approximate surface area is 194 Å². The number of ether oxygens (including phenoxy) is 3. The van der Waals surface area contributed by atoms with E-state index in [9.17, 15) is 9.59 Å². The fourth-order valence-electron chi connectivity index (χ4n) is 3.39. The predicted octanol–water partition coefficient (Wildman–Crippen LogP) is 4.48. The molecule has 170 valence electrons. The van der Waals surface area contributed by atoms with Crippen molar-refractivity contribution in [2.24, 2.45) is 0 Å². The monoisotopic (exact) mass is 465 g/mol. The van der Waals surface area contributed by atoms with Gasteiger partial charge in [-0.1, -0.05) is 18.2 Å². The molecule has 0 aliphatic heterocycles. The highest BCUT2D eigenvalue weighted by Gasteiger charge is 2.19. The average Bonchev–Trinajstić information content (AvgIpc) is 3.31. The average molecular weight is 466 g/mol. The molecular formula is C24H23N3O5S. The second-order valence-corrected chi connectivity index (χ2v) is 8.39. The number of nitrogens with zero attached hydrogens (tertiary/aromatic N) is 3. The van der Waals surface area contributed by atoms with Crippen LogP contribution in [0.5, 0.6) is 11.5 Å². The minimum absolute atomic E-state index is 0.0144. The van der Waals surface area contributed by atoms with E-state index in [0.29, 0.717) is 28.0 Å². The van der Waals surface area contributed by atoms with E-state index in [1.165, 1.54) is 16.0 Å². The number of carbonyl (C=O) groups excluding carboxylic acids is 1. The first-order valence-corrected chi connectivity index (χ1v) is 11.2. The van der Waals surface area contributed by atoms with Gasteiger partial charge >= 0.3 is 5.97 Å². The molecule has 0 fully saturated rings. The molecule has 2 aromatic heterocycles. The molecule has 4 rings (SSSR count). The van der Waals surface area contributed by atoms with Gasteiger partial charge in [0.05, 0.1) is 31.3 Å². The highest BCUT2D eigenvalue weighted by Crippen LogP contribution is 2.33. The summed E-state index contributed by atoms with van der Waals surface area (Å²) in [6.07, 6.45) is 0. The third kappa shape index (κ3) is 4.45. The third-order valence-electron chi connectivity index (χ3n) is 5.04. The van der Waals surface area contributed by atoms with Crippen molar-refractivity contribution in [3.05, 3.63) is 69.6 Å². The van der Waals surface area contributed by atoms with Crippen molar-refractivity contribution in [2.75, 3.05) is 14.2 Å². The minimum atomic E-state index is -0.610. The SMILES string of the molecule is COc1ccc(-c2nc(COC(=O)c3nn(C(C)C)c(=O)c4ccccc34)cs2)cc1OC. The number of hydrogen-bond donors (Lipinski definition) is 0. The molecule has 0 bridgehead atoms. The Bertz CT molecular complexity index is 1380. The zero-order valence-electron chi connectivity index (χ0n) is 18.7. The summed E-state index contributed by atoms with van der Waals surface area (Å²) in [6, 6.07) is 12.3. The zero-order valence-corrected chi connectivity index (χ0v) is 19.5. The maximum Gasteiger partial charge on any atom is 0.359 e. The fraction of sp³-hybridized carbons (Fsp3) is 0.250. The third-order valence-corrected chi connectivity index (χ3v) is 5.98. The van der Waals surface area contributed by atoms with Crippen LogP contribution in [0, 0.1) is 0 Å². The summed E-state index contributed by atoms with van der Waals surface area (Å²) in [5.41, 5.74) is 1.34. The Morgan fingerprint density at radius 3 is 2.48 bits per heavy atom. The van der Waals surface area contributed by atoms with Crippen LogP contribution >= 0.6 is 11.3 Å². The molecule has 0 saturated carbocycles. The van der Waals surface area contributed by atoms with Crippen molar-refractivity contribution in [3.8, 4) is 22.1 Å². The Kier molecular flexibility index (Phi) is 6.41. The van der Waals surface area contributed by atoms with E-state index in [1.807, 2.05) is 37.4 Å². The van der Waals surface area contributed by atoms with Crippen molar-refractivity contribution >= 4 is 28.1 Å². The number of carbonyl (C=O) groups is 1. The maximum absolute atomic E-state index is 12.9. The van der Waals surface area contributed by atoms with Crippen LogP contribution in [-0.2, 0) is 11.3 Å². The minimum Gasteiger partial charge on any atom is -0.493 e. The molecule has 2 aromatic carbocycles. The molecule has 8 nitrogen and oxygen atoms in total. The van der Waals surface area contributed by atoms with Gasteiger partial charge in [0.15, 0.2) is 17.2 Å². The fourth-order valence-corrected chi connectivity index (χ4v) is 4.19. The molecule has 4 aromatic rings. The van der Waals surface area contributed by atoms with Gasteiger partial charge in [0.25, 0.3) is 5.56 Å². The number of hydrogen-bond acceptors (Lipinski definition) is 8. The summed E-state index contributed by atoms with van der Waals surface area (Å²) in [7, 11) is 3.16. The number of benzene rings is 2. The van der Waals surface area contributed by atoms with Crippen molar-refractivity contribution < 1.29 is 19.0 Å². The van der Waals surface area contributed by atoms with E-state index in [4.69, 9.17) is 14.2 Å². The van der Waals surface area contributed by atoms with Crippen LogP contribution in [0.3, 0.4) is 0 Å². The van der Waals surface area contributed by atoms with Gasteiger partial charge in [0.1, 0.15) is 11.6 Å². The Morgan fingerprint density at radius 2 is 1.79 bits per heavy atom. The molecule has 0 radical (unpaired) electrons. The number of rotatable bonds is 7. The van der Waals surface area contributed by atoms with Gasteiger partial charge in [-0.15, -0.1) is 11.3 Å². The molecule has 0 atom stereocenters. The Balaban J connectivity index is 1.56. The summed E-state index contributed by atoms with van der Waals surface area (Å²) < 4.78 is 17.4. The summed E-state index contributed by atoms with van der Waals surface area (Å²) in [5, 5.41) is 7.78. The predicted molar refractivity (Wildman–Crippen MR) is 126 cm³/mol. The topological polar surface area (TPSA) is 92.5 Å². The highest BCUT2D eigenvalue weighted by molar-refractivity contribution is 7.13.